The summed E-state index contributed by atoms with van der Waals surface area (Å²) in [6, 6.07) is 8.19. The van der Waals surface area contributed by atoms with Gasteiger partial charge < -0.3 is 20.1 Å². The summed E-state index contributed by atoms with van der Waals surface area (Å²) in [5, 5.41) is 30.9. The largest absolute Gasteiger partial charge is 0.507 e. The number of anilines is 1. The molecule has 2 aromatic heterocycles. The second-order valence-corrected chi connectivity index (χ2v) is 10.4. The standard InChI is InChI=1S/C26H31FN6O2/c1-25-8-5-9-26(2,32-25)14-17(13-25)33(3)23-7-6-21(29-30-23)19-11-20(27)18(12-22(19)34)16-10-24(35-4)31-28-15-16/h6-7,10-12,15,17,32,34H,5,8-9,13-14H2,1-4H3/t17-,25+,26-. The zero-order chi connectivity index (χ0) is 24.8. The predicted octanol–water partition coefficient (Wildman–Crippen LogP) is 4.34. The van der Waals surface area contributed by atoms with E-state index in [-0.39, 0.29) is 33.8 Å². The molecule has 2 aliphatic heterocycles. The second-order valence-electron chi connectivity index (χ2n) is 10.4. The van der Waals surface area contributed by atoms with Crippen LogP contribution in [-0.4, -0.2) is 56.8 Å². The number of fused-ring (bicyclic) bond motifs is 2. The van der Waals surface area contributed by atoms with Gasteiger partial charge in [0.1, 0.15) is 11.6 Å². The summed E-state index contributed by atoms with van der Waals surface area (Å²) in [7, 11) is 3.52. The Balaban J connectivity index is 1.38. The summed E-state index contributed by atoms with van der Waals surface area (Å²) < 4.78 is 20.1. The van der Waals surface area contributed by atoms with Gasteiger partial charge in [-0.1, -0.05) is 0 Å². The van der Waals surface area contributed by atoms with Gasteiger partial charge in [-0.3, -0.25) is 0 Å². The van der Waals surface area contributed by atoms with Crippen molar-refractivity contribution in [3.8, 4) is 34.0 Å². The Morgan fingerprint density at radius 3 is 2.46 bits per heavy atom. The van der Waals surface area contributed by atoms with Gasteiger partial charge in [-0.25, -0.2) is 4.39 Å². The summed E-state index contributed by atoms with van der Waals surface area (Å²) in [4.78, 5) is 2.20. The molecule has 2 bridgehead atoms. The molecule has 8 nitrogen and oxygen atoms in total. The Hall–Kier alpha value is -3.33. The summed E-state index contributed by atoms with van der Waals surface area (Å²) in [5.74, 6) is 0.409. The second kappa shape index (κ2) is 8.71. The van der Waals surface area contributed by atoms with E-state index in [1.807, 2.05) is 6.07 Å². The fraction of sp³-hybridized carbons (Fsp3) is 0.462. The minimum atomic E-state index is -0.515. The molecule has 0 saturated carbocycles. The van der Waals surface area contributed by atoms with Crippen LogP contribution in [0.25, 0.3) is 22.4 Å². The first-order valence-electron chi connectivity index (χ1n) is 11.9. The highest BCUT2D eigenvalue weighted by molar-refractivity contribution is 5.75. The first-order chi connectivity index (χ1) is 16.7. The van der Waals surface area contributed by atoms with Gasteiger partial charge in [0.2, 0.25) is 5.88 Å². The Morgan fingerprint density at radius 2 is 1.80 bits per heavy atom. The van der Waals surface area contributed by atoms with Crippen LogP contribution in [0.4, 0.5) is 10.2 Å². The molecule has 3 aromatic rings. The molecule has 35 heavy (non-hydrogen) atoms. The van der Waals surface area contributed by atoms with Crippen molar-refractivity contribution in [1.29, 1.82) is 0 Å². The molecule has 0 aliphatic carbocycles. The normalized spacial score (nSPS) is 25.8. The molecule has 2 aliphatic rings. The van der Waals surface area contributed by atoms with Crippen molar-refractivity contribution in [3.05, 3.63) is 42.3 Å². The molecule has 9 heteroatoms. The quantitative estimate of drug-likeness (QED) is 0.559. The van der Waals surface area contributed by atoms with Gasteiger partial charge in [-0.2, -0.15) is 5.10 Å². The summed E-state index contributed by atoms with van der Waals surface area (Å²) in [5.41, 5.74) is 1.60. The molecule has 2 saturated heterocycles. The van der Waals surface area contributed by atoms with E-state index in [1.54, 1.807) is 12.1 Å². The molecular formula is C26H31FN6O2. The van der Waals surface area contributed by atoms with Crippen LogP contribution in [-0.2, 0) is 0 Å². The number of ether oxygens (including phenoxy) is 1. The van der Waals surface area contributed by atoms with Crippen molar-refractivity contribution >= 4 is 5.82 Å². The van der Waals surface area contributed by atoms with E-state index in [9.17, 15) is 5.11 Å². The molecule has 4 heterocycles. The molecule has 5 rings (SSSR count). The fourth-order valence-electron chi connectivity index (χ4n) is 5.84. The number of benzene rings is 1. The molecule has 1 aromatic carbocycles. The van der Waals surface area contributed by atoms with E-state index in [2.05, 4.69) is 51.5 Å². The number of nitrogens with zero attached hydrogens (tertiary/aromatic N) is 5. The molecule has 184 valence electrons. The number of piperidine rings is 2. The van der Waals surface area contributed by atoms with E-state index in [1.165, 1.54) is 44.7 Å². The Bertz CT molecular complexity index is 1220. The third kappa shape index (κ3) is 4.52. The zero-order valence-electron chi connectivity index (χ0n) is 20.5. The number of methoxy groups -OCH3 is 1. The highest BCUT2D eigenvalue weighted by atomic mass is 19.1. The predicted molar refractivity (Wildman–Crippen MR) is 132 cm³/mol. The number of halogens is 1. The maximum atomic E-state index is 15.0. The molecular weight excluding hydrogens is 447 g/mol. The number of rotatable bonds is 5. The lowest BCUT2D eigenvalue weighted by atomic mass is 9.69. The van der Waals surface area contributed by atoms with Crippen molar-refractivity contribution in [1.82, 2.24) is 25.7 Å². The zero-order valence-corrected chi connectivity index (χ0v) is 20.5. The Kier molecular flexibility index (Phi) is 5.83. The van der Waals surface area contributed by atoms with Gasteiger partial charge in [0.15, 0.2) is 5.82 Å². The lowest BCUT2D eigenvalue weighted by Gasteiger charge is -2.55. The number of phenols is 1. The monoisotopic (exact) mass is 478 g/mol. The van der Waals surface area contributed by atoms with E-state index < -0.39 is 5.82 Å². The Morgan fingerprint density at radius 1 is 1.06 bits per heavy atom. The molecule has 0 unspecified atom stereocenters. The number of hydrogen-bond donors (Lipinski definition) is 2. The Labute approximate surface area is 204 Å². The van der Waals surface area contributed by atoms with Gasteiger partial charge in [-0.15, -0.1) is 15.3 Å². The van der Waals surface area contributed by atoms with E-state index >= 15 is 4.39 Å². The van der Waals surface area contributed by atoms with Crippen LogP contribution in [0.5, 0.6) is 11.6 Å². The van der Waals surface area contributed by atoms with Gasteiger partial charge in [0, 0.05) is 46.9 Å². The molecule has 0 spiro atoms. The van der Waals surface area contributed by atoms with E-state index in [4.69, 9.17) is 4.74 Å². The number of aromatic nitrogens is 4. The molecule has 2 fully saturated rings. The van der Waals surface area contributed by atoms with Crippen LogP contribution in [0.2, 0.25) is 0 Å². The average Bonchev–Trinajstić information content (AvgIpc) is 2.83. The number of phenolic OH excluding ortho intramolecular Hbond substituents is 1. The lowest BCUT2D eigenvalue weighted by Crippen LogP contribution is -2.66. The summed E-state index contributed by atoms with van der Waals surface area (Å²) in [6.45, 7) is 4.64. The minimum Gasteiger partial charge on any atom is -0.507 e. The highest BCUT2D eigenvalue weighted by Gasteiger charge is 2.46. The number of aromatic hydroxyl groups is 1. The van der Waals surface area contributed by atoms with Crippen molar-refractivity contribution in [2.24, 2.45) is 0 Å². The first-order valence-corrected chi connectivity index (χ1v) is 11.9. The maximum absolute atomic E-state index is 15.0. The average molecular weight is 479 g/mol. The van der Waals surface area contributed by atoms with Crippen molar-refractivity contribution in [2.45, 2.75) is 63.1 Å². The van der Waals surface area contributed by atoms with Gasteiger partial charge in [0.05, 0.1) is 19.0 Å². The summed E-state index contributed by atoms with van der Waals surface area (Å²) >= 11 is 0. The SMILES string of the molecule is COc1cc(-c2cc(O)c(-c3ccc(N(C)[C@@H]4C[C@]5(C)CCC[C@](C)(C4)N5)nn3)cc2F)cnn1. The van der Waals surface area contributed by atoms with Crippen LogP contribution >= 0.6 is 0 Å². The van der Waals surface area contributed by atoms with E-state index in [0.717, 1.165) is 18.7 Å². The van der Waals surface area contributed by atoms with Crippen molar-refractivity contribution in [2.75, 3.05) is 19.1 Å². The fourth-order valence-corrected chi connectivity index (χ4v) is 5.84. The molecule has 3 atom stereocenters. The topological polar surface area (TPSA) is 96.3 Å². The summed E-state index contributed by atoms with van der Waals surface area (Å²) in [6.07, 6.45) is 7.13. The molecule has 0 radical (unpaired) electrons. The van der Waals surface area contributed by atoms with Crippen molar-refractivity contribution in [3.63, 3.8) is 0 Å². The minimum absolute atomic E-state index is 0.0976. The highest BCUT2D eigenvalue weighted by Crippen LogP contribution is 2.42. The van der Waals surface area contributed by atoms with Crippen LogP contribution in [0.3, 0.4) is 0 Å². The van der Waals surface area contributed by atoms with Gasteiger partial charge >= 0.3 is 0 Å². The third-order valence-corrected chi connectivity index (χ3v) is 7.51. The van der Waals surface area contributed by atoms with Crippen molar-refractivity contribution < 1.29 is 14.2 Å². The van der Waals surface area contributed by atoms with Gasteiger partial charge in [-0.05, 0) is 70.2 Å². The lowest BCUT2D eigenvalue weighted by molar-refractivity contribution is 0.0784. The van der Waals surface area contributed by atoms with Crippen LogP contribution in [0, 0.1) is 5.82 Å². The first kappa shape index (κ1) is 23.4. The number of nitrogens with one attached hydrogen (secondary N) is 1. The third-order valence-electron chi connectivity index (χ3n) is 7.51. The smallest absolute Gasteiger partial charge is 0.233 e. The number of hydrogen-bond acceptors (Lipinski definition) is 8. The van der Waals surface area contributed by atoms with E-state index in [0.29, 0.717) is 17.3 Å². The van der Waals surface area contributed by atoms with Gasteiger partial charge in [0.25, 0.3) is 0 Å². The maximum Gasteiger partial charge on any atom is 0.233 e. The molecule has 2 N–H and O–H groups in total. The molecule has 0 amide bonds. The van der Waals surface area contributed by atoms with Crippen LogP contribution < -0.4 is 15.0 Å². The van der Waals surface area contributed by atoms with Crippen LogP contribution in [0.1, 0.15) is 46.0 Å². The van der Waals surface area contributed by atoms with Crippen LogP contribution in [0.15, 0.2) is 36.5 Å².